The highest BCUT2D eigenvalue weighted by Crippen LogP contribution is 2.30. The number of nitrogens with one attached hydrogen (secondary N) is 2. The summed E-state index contributed by atoms with van der Waals surface area (Å²) in [6.45, 7) is 0. The minimum absolute atomic E-state index is 0.123. The molecule has 0 saturated heterocycles. The van der Waals surface area contributed by atoms with Crippen LogP contribution in [0.5, 0.6) is 0 Å². The highest BCUT2D eigenvalue weighted by molar-refractivity contribution is 9.10. The number of benzene rings is 2. The normalized spacial score (nSPS) is 10.8. The number of carbonyl (C=O) groups excluding carboxylic acids is 1. The second-order valence-corrected chi connectivity index (χ2v) is 8.11. The minimum Gasteiger partial charge on any atom is -0.476 e. The van der Waals surface area contributed by atoms with Gasteiger partial charge in [-0.15, -0.1) is 11.8 Å². The molecule has 3 N–H and O–H groups in total. The van der Waals surface area contributed by atoms with Crippen LogP contribution >= 0.6 is 27.7 Å². The lowest BCUT2D eigenvalue weighted by molar-refractivity contribution is 0.0689. The quantitative estimate of drug-likeness (QED) is 0.335. The first kappa shape index (κ1) is 20.1. The fourth-order valence-corrected chi connectivity index (χ4v) is 4.43. The Morgan fingerprint density at radius 2 is 1.90 bits per heavy atom. The van der Waals surface area contributed by atoms with E-state index < -0.39 is 5.97 Å². The number of amides is 1. The van der Waals surface area contributed by atoms with E-state index in [0.29, 0.717) is 11.3 Å². The van der Waals surface area contributed by atoms with Crippen molar-refractivity contribution in [2.75, 3.05) is 5.32 Å². The topological polar surface area (TPSA) is 108 Å². The first-order chi connectivity index (χ1) is 14.5. The van der Waals surface area contributed by atoms with Gasteiger partial charge >= 0.3 is 5.97 Å². The molecule has 150 valence electrons. The Hall–Kier alpha value is -3.17. The van der Waals surface area contributed by atoms with Crippen molar-refractivity contribution in [3.8, 4) is 0 Å². The van der Waals surface area contributed by atoms with Crippen LogP contribution in [0.3, 0.4) is 0 Å². The Bertz CT molecular complexity index is 1250. The van der Waals surface area contributed by atoms with E-state index in [4.69, 9.17) is 5.11 Å². The van der Waals surface area contributed by atoms with E-state index in [-0.39, 0.29) is 21.9 Å². The SMILES string of the molecule is O=C(Nc1n[nH]c(C(=O)O)c1Br)c1ccccc1CSc1cccc2cccnc12. The van der Waals surface area contributed by atoms with E-state index in [1.54, 1.807) is 30.1 Å². The molecule has 1 amide bonds. The first-order valence-electron chi connectivity index (χ1n) is 8.87. The lowest BCUT2D eigenvalue weighted by Gasteiger charge is -2.10. The number of rotatable bonds is 6. The van der Waals surface area contributed by atoms with Crippen molar-refractivity contribution >= 4 is 56.3 Å². The maximum Gasteiger partial charge on any atom is 0.355 e. The van der Waals surface area contributed by atoms with Gasteiger partial charge in [0.2, 0.25) is 0 Å². The molecule has 2 heterocycles. The molecule has 2 aromatic carbocycles. The van der Waals surface area contributed by atoms with E-state index in [1.807, 2.05) is 42.5 Å². The van der Waals surface area contributed by atoms with Gasteiger partial charge in [-0.1, -0.05) is 36.4 Å². The summed E-state index contributed by atoms with van der Waals surface area (Å²) < 4.78 is 0.192. The average Bonchev–Trinajstić information content (AvgIpc) is 3.12. The number of fused-ring (bicyclic) bond motifs is 1. The van der Waals surface area contributed by atoms with E-state index in [1.165, 1.54) is 0 Å². The zero-order chi connectivity index (χ0) is 21.1. The van der Waals surface area contributed by atoms with Crippen molar-refractivity contribution in [2.45, 2.75) is 10.6 Å². The van der Waals surface area contributed by atoms with Crippen LogP contribution in [0.25, 0.3) is 10.9 Å². The van der Waals surface area contributed by atoms with Crippen molar-refractivity contribution < 1.29 is 14.7 Å². The van der Waals surface area contributed by atoms with Crippen molar-refractivity contribution in [3.05, 3.63) is 82.1 Å². The summed E-state index contributed by atoms with van der Waals surface area (Å²) in [6, 6.07) is 17.2. The fourth-order valence-electron chi connectivity index (χ4n) is 2.94. The molecule has 30 heavy (non-hydrogen) atoms. The van der Waals surface area contributed by atoms with Gasteiger partial charge in [0.25, 0.3) is 5.91 Å². The molecule has 0 bridgehead atoms. The predicted octanol–water partition coefficient (Wildman–Crippen LogP) is 4.96. The van der Waals surface area contributed by atoms with Gasteiger partial charge in [-0.05, 0) is 39.7 Å². The number of thioether (sulfide) groups is 1. The molecule has 0 aliphatic heterocycles. The third kappa shape index (κ3) is 4.07. The van der Waals surface area contributed by atoms with E-state index >= 15 is 0 Å². The third-order valence-corrected chi connectivity index (χ3v) is 6.26. The zero-order valence-corrected chi connectivity index (χ0v) is 17.8. The molecular weight excluding hydrogens is 468 g/mol. The van der Waals surface area contributed by atoms with Gasteiger partial charge in [0.1, 0.15) is 0 Å². The standard InChI is InChI=1S/C21H15BrN4O3S/c22-16-18(21(28)29)25-26-19(16)24-20(27)14-8-2-1-5-13(14)11-30-15-9-3-6-12-7-4-10-23-17(12)15/h1-10H,11H2,(H,28,29)(H2,24,25,26,27). The number of para-hydroxylation sites is 1. The number of hydrogen-bond donors (Lipinski definition) is 3. The van der Waals surface area contributed by atoms with Crippen molar-refractivity contribution in [3.63, 3.8) is 0 Å². The Morgan fingerprint density at radius 3 is 2.70 bits per heavy atom. The molecule has 0 aliphatic carbocycles. The maximum absolute atomic E-state index is 12.8. The smallest absolute Gasteiger partial charge is 0.355 e. The highest BCUT2D eigenvalue weighted by atomic mass is 79.9. The van der Waals surface area contributed by atoms with Gasteiger partial charge in [-0.3, -0.25) is 14.9 Å². The number of aromatic carboxylic acids is 1. The van der Waals surface area contributed by atoms with Gasteiger partial charge in [0.05, 0.1) is 9.99 Å². The second-order valence-electron chi connectivity index (χ2n) is 6.30. The summed E-state index contributed by atoms with van der Waals surface area (Å²) in [5, 5.41) is 19.1. The molecule has 0 spiro atoms. The van der Waals surface area contributed by atoms with Crippen molar-refractivity contribution in [1.29, 1.82) is 0 Å². The molecule has 4 aromatic rings. The molecule has 0 unspecified atom stereocenters. The number of aromatic nitrogens is 3. The summed E-state index contributed by atoms with van der Waals surface area (Å²) in [4.78, 5) is 29.5. The number of pyridine rings is 1. The predicted molar refractivity (Wildman–Crippen MR) is 119 cm³/mol. The van der Waals surface area contributed by atoms with Crippen LogP contribution in [-0.4, -0.2) is 32.2 Å². The largest absolute Gasteiger partial charge is 0.476 e. The molecule has 0 radical (unpaired) electrons. The molecule has 0 saturated carbocycles. The molecule has 0 aliphatic rings. The number of halogens is 1. The summed E-state index contributed by atoms with van der Waals surface area (Å²) in [6.07, 6.45) is 1.76. The van der Waals surface area contributed by atoms with Crippen LogP contribution in [0.1, 0.15) is 26.4 Å². The number of H-pyrrole nitrogens is 1. The molecule has 4 rings (SSSR count). The van der Waals surface area contributed by atoms with E-state index in [9.17, 15) is 9.59 Å². The van der Waals surface area contributed by atoms with Gasteiger partial charge in [0, 0.05) is 27.8 Å². The molecule has 0 atom stereocenters. The number of nitrogens with zero attached hydrogens (tertiary/aromatic N) is 2. The Balaban J connectivity index is 1.55. The number of carboxylic acid groups (broad SMARTS) is 1. The van der Waals surface area contributed by atoms with Crippen molar-refractivity contribution in [1.82, 2.24) is 15.2 Å². The Labute approximate surface area is 184 Å². The Kier molecular flexibility index (Phi) is 5.82. The third-order valence-electron chi connectivity index (χ3n) is 4.39. The molecular formula is C21H15BrN4O3S. The van der Waals surface area contributed by atoms with Crippen LogP contribution < -0.4 is 5.32 Å². The van der Waals surface area contributed by atoms with Crippen LogP contribution in [0.15, 0.2) is 70.2 Å². The van der Waals surface area contributed by atoms with Gasteiger partial charge in [0.15, 0.2) is 11.5 Å². The van der Waals surface area contributed by atoms with Crippen LogP contribution in [-0.2, 0) is 5.75 Å². The van der Waals surface area contributed by atoms with Crippen LogP contribution in [0, 0.1) is 0 Å². The van der Waals surface area contributed by atoms with E-state index in [0.717, 1.165) is 21.4 Å². The summed E-state index contributed by atoms with van der Waals surface area (Å²) in [5.74, 6) is -0.846. The van der Waals surface area contributed by atoms with E-state index in [2.05, 4.69) is 36.4 Å². The first-order valence-corrected chi connectivity index (χ1v) is 10.7. The zero-order valence-electron chi connectivity index (χ0n) is 15.4. The Morgan fingerprint density at radius 1 is 1.10 bits per heavy atom. The summed E-state index contributed by atoms with van der Waals surface area (Å²) >= 11 is 4.76. The molecule has 9 heteroatoms. The van der Waals surface area contributed by atoms with Crippen LogP contribution in [0.2, 0.25) is 0 Å². The second kappa shape index (κ2) is 8.68. The summed E-state index contributed by atoms with van der Waals surface area (Å²) in [7, 11) is 0. The summed E-state index contributed by atoms with van der Waals surface area (Å²) in [5.41, 5.74) is 2.13. The minimum atomic E-state index is -1.17. The lowest BCUT2D eigenvalue weighted by atomic mass is 10.1. The number of carbonyl (C=O) groups is 2. The highest BCUT2D eigenvalue weighted by Gasteiger charge is 2.19. The molecule has 7 nitrogen and oxygen atoms in total. The fraction of sp³-hybridized carbons (Fsp3) is 0.0476. The van der Waals surface area contributed by atoms with Crippen LogP contribution in [0.4, 0.5) is 5.82 Å². The van der Waals surface area contributed by atoms with Gasteiger partial charge < -0.3 is 10.4 Å². The lowest BCUT2D eigenvalue weighted by Crippen LogP contribution is -2.14. The van der Waals surface area contributed by atoms with Gasteiger partial charge in [-0.2, -0.15) is 5.10 Å². The number of aromatic amines is 1. The molecule has 2 aromatic heterocycles. The van der Waals surface area contributed by atoms with Crippen molar-refractivity contribution in [2.24, 2.45) is 0 Å². The number of anilines is 1. The number of hydrogen-bond acceptors (Lipinski definition) is 5. The number of carboxylic acids is 1. The maximum atomic E-state index is 12.8. The molecule has 0 fully saturated rings. The average molecular weight is 483 g/mol. The monoisotopic (exact) mass is 482 g/mol. The van der Waals surface area contributed by atoms with Gasteiger partial charge in [-0.25, -0.2) is 4.79 Å².